The quantitative estimate of drug-likeness (QED) is 0.653. The number of benzene rings is 1. The molecule has 0 unspecified atom stereocenters. The van der Waals surface area contributed by atoms with E-state index in [-0.39, 0.29) is 23.9 Å². The number of pyridine rings is 1. The Bertz CT molecular complexity index is 841. The third-order valence-corrected chi connectivity index (χ3v) is 4.24. The molecular formula is C19H20F3N3O2S. The minimum Gasteiger partial charge on any atom is -0.348 e. The van der Waals surface area contributed by atoms with E-state index in [9.17, 15) is 22.8 Å². The van der Waals surface area contributed by atoms with Crippen LogP contribution in [-0.2, 0) is 11.3 Å². The summed E-state index contributed by atoms with van der Waals surface area (Å²) >= 11 is -0.428. The van der Waals surface area contributed by atoms with Crippen molar-refractivity contribution in [3.8, 4) is 0 Å². The van der Waals surface area contributed by atoms with Crippen molar-refractivity contribution in [1.29, 1.82) is 0 Å². The summed E-state index contributed by atoms with van der Waals surface area (Å²) < 4.78 is 37.9. The average molecular weight is 411 g/mol. The highest BCUT2D eigenvalue weighted by Gasteiger charge is 2.32. The lowest BCUT2D eigenvalue weighted by atomic mass is 10.1. The van der Waals surface area contributed by atoms with Gasteiger partial charge in [-0.1, -0.05) is 26.0 Å². The van der Waals surface area contributed by atoms with Gasteiger partial charge in [-0.2, -0.15) is 13.2 Å². The molecule has 5 nitrogen and oxygen atoms in total. The maximum atomic E-state index is 12.6. The van der Waals surface area contributed by atoms with E-state index in [4.69, 9.17) is 0 Å². The van der Waals surface area contributed by atoms with Crippen LogP contribution in [0.2, 0.25) is 0 Å². The number of carbonyl (C=O) groups is 2. The fourth-order valence-electron chi connectivity index (χ4n) is 2.37. The molecule has 0 aliphatic carbocycles. The Balaban J connectivity index is 2.02. The van der Waals surface area contributed by atoms with Crippen molar-refractivity contribution in [1.82, 2.24) is 10.3 Å². The minimum absolute atomic E-state index is 0.0950. The van der Waals surface area contributed by atoms with Crippen molar-refractivity contribution in [3.05, 3.63) is 53.7 Å². The van der Waals surface area contributed by atoms with E-state index in [2.05, 4.69) is 15.6 Å². The Kier molecular flexibility index (Phi) is 7.45. The summed E-state index contributed by atoms with van der Waals surface area (Å²) in [5, 5.41) is 4.96. The lowest BCUT2D eigenvalue weighted by molar-refractivity contribution is -0.116. The number of hydrogen-bond acceptors (Lipinski definition) is 4. The van der Waals surface area contributed by atoms with Crippen LogP contribution in [0.15, 0.2) is 47.6 Å². The SMILES string of the molecule is CC(C)CC(=O)Nc1cccc(CNC(=O)c2cccnc2SC(F)(F)F)c1. The number of nitrogens with zero attached hydrogens (tertiary/aromatic N) is 1. The number of aromatic nitrogens is 1. The van der Waals surface area contributed by atoms with Crippen LogP contribution < -0.4 is 10.6 Å². The third-order valence-electron chi connectivity index (χ3n) is 3.49. The van der Waals surface area contributed by atoms with Gasteiger partial charge < -0.3 is 10.6 Å². The molecule has 2 rings (SSSR count). The van der Waals surface area contributed by atoms with Crippen LogP contribution in [0, 0.1) is 5.92 Å². The molecule has 0 atom stereocenters. The number of hydrogen-bond donors (Lipinski definition) is 2. The van der Waals surface area contributed by atoms with E-state index >= 15 is 0 Å². The van der Waals surface area contributed by atoms with Gasteiger partial charge in [0.15, 0.2) is 0 Å². The van der Waals surface area contributed by atoms with Crippen LogP contribution in [0.1, 0.15) is 36.2 Å². The number of alkyl halides is 3. The standard InChI is InChI=1S/C19H20F3N3O2S/c1-12(2)9-16(26)25-14-6-3-5-13(10-14)11-24-17(27)15-7-4-8-23-18(15)28-19(20,21)22/h3-8,10,12H,9,11H2,1-2H3,(H,24,27)(H,25,26). The summed E-state index contributed by atoms with van der Waals surface area (Å²) in [6.07, 6.45) is 1.59. The second kappa shape index (κ2) is 9.59. The van der Waals surface area contributed by atoms with E-state index in [1.54, 1.807) is 24.3 Å². The zero-order chi connectivity index (χ0) is 20.7. The van der Waals surface area contributed by atoms with Crippen LogP contribution in [-0.4, -0.2) is 22.3 Å². The summed E-state index contributed by atoms with van der Waals surface area (Å²) in [6.45, 7) is 3.97. The Labute approximate surface area is 165 Å². The van der Waals surface area contributed by atoms with Crippen molar-refractivity contribution >= 4 is 29.3 Å². The van der Waals surface area contributed by atoms with Crippen molar-refractivity contribution in [2.24, 2.45) is 5.92 Å². The van der Waals surface area contributed by atoms with Crippen LogP contribution in [0.4, 0.5) is 18.9 Å². The van der Waals surface area contributed by atoms with Gasteiger partial charge >= 0.3 is 5.51 Å². The molecular weight excluding hydrogens is 391 g/mol. The molecule has 28 heavy (non-hydrogen) atoms. The number of rotatable bonds is 7. The molecule has 2 amide bonds. The Hall–Kier alpha value is -2.55. The van der Waals surface area contributed by atoms with Crippen LogP contribution in [0.25, 0.3) is 0 Å². The fraction of sp³-hybridized carbons (Fsp3) is 0.316. The van der Waals surface area contributed by atoms with Gasteiger partial charge in [0.1, 0.15) is 5.03 Å². The molecule has 2 N–H and O–H groups in total. The molecule has 0 spiro atoms. The summed E-state index contributed by atoms with van der Waals surface area (Å²) in [5.41, 5.74) is -3.39. The number of carbonyl (C=O) groups excluding carboxylic acids is 2. The second-order valence-corrected chi connectivity index (χ2v) is 7.49. The van der Waals surface area contributed by atoms with Gasteiger partial charge in [0, 0.05) is 36.6 Å². The third kappa shape index (κ3) is 7.22. The van der Waals surface area contributed by atoms with Crippen molar-refractivity contribution in [3.63, 3.8) is 0 Å². The first kappa shape index (κ1) is 21.7. The molecule has 0 bridgehead atoms. The van der Waals surface area contributed by atoms with Crippen molar-refractivity contribution in [2.75, 3.05) is 5.32 Å². The van der Waals surface area contributed by atoms with Gasteiger partial charge in [-0.3, -0.25) is 9.59 Å². The monoisotopic (exact) mass is 411 g/mol. The number of anilines is 1. The molecule has 1 aromatic carbocycles. The van der Waals surface area contributed by atoms with Gasteiger partial charge in [0.2, 0.25) is 5.91 Å². The van der Waals surface area contributed by atoms with Gasteiger partial charge in [0.25, 0.3) is 5.91 Å². The summed E-state index contributed by atoms with van der Waals surface area (Å²) in [5.74, 6) is -0.542. The fourth-order valence-corrected chi connectivity index (χ4v) is 2.98. The molecule has 0 radical (unpaired) electrons. The first-order chi connectivity index (χ1) is 13.1. The van der Waals surface area contributed by atoms with Crippen molar-refractivity contribution < 1.29 is 22.8 Å². The van der Waals surface area contributed by atoms with E-state index in [0.29, 0.717) is 17.7 Å². The number of nitrogens with one attached hydrogen (secondary N) is 2. The van der Waals surface area contributed by atoms with E-state index in [0.717, 1.165) is 0 Å². The predicted molar refractivity (Wildman–Crippen MR) is 102 cm³/mol. The highest BCUT2D eigenvalue weighted by atomic mass is 32.2. The Morgan fingerprint density at radius 1 is 1.18 bits per heavy atom. The summed E-state index contributed by atoms with van der Waals surface area (Å²) in [6, 6.07) is 9.59. The van der Waals surface area contributed by atoms with E-state index < -0.39 is 28.2 Å². The van der Waals surface area contributed by atoms with E-state index in [1.807, 2.05) is 13.8 Å². The normalized spacial score (nSPS) is 11.4. The van der Waals surface area contributed by atoms with Gasteiger partial charge in [-0.15, -0.1) is 0 Å². The lowest BCUT2D eigenvalue weighted by Crippen LogP contribution is -2.24. The zero-order valence-electron chi connectivity index (χ0n) is 15.3. The van der Waals surface area contributed by atoms with E-state index in [1.165, 1.54) is 18.3 Å². The number of thioether (sulfide) groups is 1. The average Bonchev–Trinajstić information content (AvgIpc) is 2.58. The van der Waals surface area contributed by atoms with Crippen molar-refractivity contribution in [2.45, 2.75) is 37.3 Å². The molecule has 150 valence electrons. The Morgan fingerprint density at radius 3 is 2.61 bits per heavy atom. The van der Waals surface area contributed by atoms with Crippen LogP contribution >= 0.6 is 11.8 Å². The highest BCUT2D eigenvalue weighted by molar-refractivity contribution is 8.00. The van der Waals surface area contributed by atoms with Gasteiger partial charge in [-0.05, 0) is 35.7 Å². The Morgan fingerprint density at radius 2 is 1.93 bits per heavy atom. The van der Waals surface area contributed by atoms with Gasteiger partial charge in [0.05, 0.1) is 5.56 Å². The minimum atomic E-state index is -4.54. The molecule has 9 heteroatoms. The van der Waals surface area contributed by atoms with Crippen LogP contribution in [0.3, 0.4) is 0 Å². The largest absolute Gasteiger partial charge is 0.447 e. The maximum Gasteiger partial charge on any atom is 0.447 e. The maximum absolute atomic E-state index is 12.6. The summed E-state index contributed by atoms with van der Waals surface area (Å²) in [7, 11) is 0. The first-order valence-corrected chi connectivity index (χ1v) is 9.33. The highest BCUT2D eigenvalue weighted by Crippen LogP contribution is 2.37. The lowest BCUT2D eigenvalue weighted by Gasteiger charge is -2.11. The second-order valence-electron chi connectivity index (χ2n) is 6.43. The molecule has 0 saturated heterocycles. The molecule has 0 aliphatic rings. The molecule has 2 aromatic rings. The number of amides is 2. The molecule has 1 aromatic heterocycles. The summed E-state index contributed by atoms with van der Waals surface area (Å²) in [4.78, 5) is 27.8. The smallest absolute Gasteiger partial charge is 0.348 e. The molecule has 1 heterocycles. The zero-order valence-corrected chi connectivity index (χ0v) is 16.2. The topological polar surface area (TPSA) is 71.1 Å². The molecule has 0 saturated carbocycles. The first-order valence-electron chi connectivity index (χ1n) is 8.52. The van der Waals surface area contributed by atoms with Crippen LogP contribution in [0.5, 0.6) is 0 Å². The molecule has 0 aliphatic heterocycles. The van der Waals surface area contributed by atoms with Gasteiger partial charge in [-0.25, -0.2) is 4.98 Å². The number of halogens is 3. The predicted octanol–water partition coefficient (Wildman–Crippen LogP) is 4.61. The molecule has 0 fully saturated rings.